The molecule has 4 rings (SSSR count). The van der Waals surface area contributed by atoms with Crippen molar-refractivity contribution in [3.63, 3.8) is 0 Å². The van der Waals surface area contributed by atoms with Gasteiger partial charge in [0.25, 0.3) is 5.91 Å². The standard InChI is InChI=1S/C29H31N3O4/c1-16-9-17(2)27(18(3)10-16)32-24(34)15-35-20-8-6-7-19(11-20)25-21(14-30)28(31)36-23-13-29(4,5)12-22(33)26(23)25/h6-11,25H,12-13,15,31H2,1-5H3,(H,32,34). The molecule has 2 aliphatic rings. The minimum atomic E-state index is -0.641. The Bertz CT molecular complexity index is 1340. The Kier molecular flexibility index (Phi) is 6.64. The van der Waals surface area contributed by atoms with E-state index in [-0.39, 0.29) is 35.2 Å². The molecule has 186 valence electrons. The number of Topliss-reactive ketones (excluding diaryl/α,β-unsaturated/α-hetero) is 1. The molecular formula is C29H31N3O4. The van der Waals surface area contributed by atoms with E-state index < -0.39 is 5.92 Å². The van der Waals surface area contributed by atoms with Gasteiger partial charge in [-0.1, -0.05) is 43.7 Å². The number of carbonyl (C=O) groups excluding carboxylic acids is 2. The van der Waals surface area contributed by atoms with Crippen molar-refractivity contribution in [1.82, 2.24) is 0 Å². The summed E-state index contributed by atoms with van der Waals surface area (Å²) in [5.74, 6) is 0.0124. The smallest absolute Gasteiger partial charge is 0.262 e. The molecule has 7 heteroatoms. The average Bonchev–Trinajstić information content (AvgIpc) is 2.78. The number of allylic oxidation sites excluding steroid dienone is 3. The van der Waals surface area contributed by atoms with Crippen molar-refractivity contribution in [2.75, 3.05) is 11.9 Å². The molecular weight excluding hydrogens is 454 g/mol. The summed E-state index contributed by atoms with van der Waals surface area (Å²) in [7, 11) is 0. The first kappa shape index (κ1) is 25.1. The molecule has 0 spiro atoms. The van der Waals surface area contributed by atoms with Gasteiger partial charge >= 0.3 is 0 Å². The number of rotatable bonds is 5. The molecule has 1 unspecified atom stereocenters. The summed E-state index contributed by atoms with van der Waals surface area (Å²) in [6.45, 7) is 9.75. The van der Waals surface area contributed by atoms with Crippen LogP contribution in [0.3, 0.4) is 0 Å². The molecule has 1 atom stereocenters. The van der Waals surface area contributed by atoms with Crippen LogP contribution in [0.4, 0.5) is 5.69 Å². The molecule has 36 heavy (non-hydrogen) atoms. The fraction of sp³-hybridized carbons (Fsp3) is 0.345. The van der Waals surface area contributed by atoms with E-state index in [0.29, 0.717) is 35.5 Å². The molecule has 7 nitrogen and oxygen atoms in total. The zero-order valence-electron chi connectivity index (χ0n) is 21.3. The summed E-state index contributed by atoms with van der Waals surface area (Å²) in [6, 6.07) is 13.2. The van der Waals surface area contributed by atoms with Gasteiger partial charge in [-0.05, 0) is 55.0 Å². The Morgan fingerprint density at radius 3 is 2.56 bits per heavy atom. The van der Waals surface area contributed by atoms with Crippen LogP contribution >= 0.6 is 0 Å². The zero-order chi connectivity index (χ0) is 26.2. The van der Waals surface area contributed by atoms with Crippen molar-refractivity contribution in [2.45, 2.75) is 53.4 Å². The number of ether oxygens (including phenoxy) is 2. The highest BCUT2D eigenvalue weighted by atomic mass is 16.5. The minimum absolute atomic E-state index is 0.0151. The number of hydrogen-bond acceptors (Lipinski definition) is 6. The molecule has 1 aliphatic carbocycles. The van der Waals surface area contributed by atoms with E-state index in [2.05, 4.69) is 11.4 Å². The number of nitrogens with one attached hydrogen (secondary N) is 1. The van der Waals surface area contributed by atoms with E-state index in [0.717, 1.165) is 22.4 Å². The van der Waals surface area contributed by atoms with E-state index in [1.54, 1.807) is 18.2 Å². The topological polar surface area (TPSA) is 114 Å². The quantitative estimate of drug-likeness (QED) is 0.610. The number of aryl methyl sites for hydroxylation is 3. The largest absolute Gasteiger partial charge is 0.484 e. The SMILES string of the molecule is Cc1cc(C)c(NC(=O)COc2cccc(C3C(C#N)=C(N)OC4=C3C(=O)CC(C)(C)C4)c2)c(C)c1. The van der Waals surface area contributed by atoms with Gasteiger partial charge in [0.1, 0.15) is 23.2 Å². The van der Waals surface area contributed by atoms with Crippen molar-refractivity contribution in [3.05, 3.63) is 81.4 Å². The summed E-state index contributed by atoms with van der Waals surface area (Å²) in [4.78, 5) is 25.8. The Hall–Kier alpha value is -4.05. The average molecular weight is 486 g/mol. The molecule has 0 saturated heterocycles. The molecule has 1 amide bonds. The Labute approximate surface area is 211 Å². The second-order valence-electron chi connectivity index (χ2n) is 10.4. The lowest BCUT2D eigenvalue weighted by Gasteiger charge is -2.37. The highest BCUT2D eigenvalue weighted by Gasteiger charge is 2.43. The number of ketones is 1. The molecule has 2 aromatic rings. The maximum atomic E-state index is 13.2. The second kappa shape index (κ2) is 9.54. The number of nitrogens with zero attached hydrogens (tertiary/aromatic N) is 1. The number of nitrogens with two attached hydrogens (primary N) is 1. The van der Waals surface area contributed by atoms with Crippen LogP contribution < -0.4 is 15.8 Å². The van der Waals surface area contributed by atoms with Gasteiger partial charge in [0.05, 0.1) is 5.92 Å². The summed E-state index contributed by atoms with van der Waals surface area (Å²) in [5.41, 5.74) is 11.1. The summed E-state index contributed by atoms with van der Waals surface area (Å²) in [5, 5.41) is 12.8. The highest BCUT2D eigenvalue weighted by molar-refractivity contribution is 6.00. The van der Waals surface area contributed by atoms with Gasteiger partial charge in [0.15, 0.2) is 12.4 Å². The fourth-order valence-corrected chi connectivity index (χ4v) is 5.10. The number of amides is 1. The number of hydrogen-bond donors (Lipinski definition) is 2. The monoisotopic (exact) mass is 485 g/mol. The lowest BCUT2D eigenvalue weighted by atomic mass is 9.70. The molecule has 1 heterocycles. The van der Waals surface area contributed by atoms with E-state index in [4.69, 9.17) is 15.2 Å². The summed E-state index contributed by atoms with van der Waals surface area (Å²) >= 11 is 0. The van der Waals surface area contributed by atoms with Crippen LogP contribution in [0.2, 0.25) is 0 Å². The third-order valence-corrected chi connectivity index (χ3v) is 6.58. The van der Waals surface area contributed by atoms with Gasteiger partial charge < -0.3 is 20.5 Å². The fourth-order valence-electron chi connectivity index (χ4n) is 5.10. The van der Waals surface area contributed by atoms with Crippen LogP contribution in [0.25, 0.3) is 0 Å². The van der Waals surface area contributed by atoms with Gasteiger partial charge in [0.2, 0.25) is 5.88 Å². The third kappa shape index (κ3) is 4.99. The molecule has 2 aromatic carbocycles. The van der Waals surface area contributed by atoms with Crippen LogP contribution in [0.15, 0.2) is 59.2 Å². The van der Waals surface area contributed by atoms with E-state index in [1.807, 2.05) is 52.8 Å². The lowest BCUT2D eigenvalue weighted by Crippen LogP contribution is -2.33. The normalized spacial score (nSPS) is 18.8. The first-order valence-electron chi connectivity index (χ1n) is 11.9. The maximum absolute atomic E-state index is 13.2. The summed E-state index contributed by atoms with van der Waals surface area (Å²) < 4.78 is 11.5. The van der Waals surface area contributed by atoms with Gasteiger partial charge in [-0.2, -0.15) is 5.26 Å². The van der Waals surface area contributed by atoms with Crippen LogP contribution in [-0.4, -0.2) is 18.3 Å². The number of benzene rings is 2. The molecule has 0 radical (unpaired) electrons. The van der Waals surface area contributed by atoms with Crippen LogP contribution in [0.1, 0.15) is 54.9 Å². The Balaban J connectivity index is 1.57. The van der Waals surface area contributed by atoms with Crippen molar-refractivity contribution < 1.29 is 19.1 Å². The van der Waals surface area contributed by atoms with Crippen molar-refractivity contribution in [2.24, 2.45) is 11.1 Å². The van der Waals surface area contributed by atoms with E-state index >= 15 is 0 Å². The van der Waals surface area contributed by atoms with Gasteiger partial charge in [-0.3, -0.25) is 9.59 Å². The van der Waals surface area contributed by atoms with Gasteiger partial charge in [-0.25, -0.2) is 0 Å². The molecule has 0 aromatic heterocycles. The van der Waals surface area contributed by atoms with Crippen molar-refractivity contribution in [1.29, 1.82) is 5.26 Å². The molecule has 0 bridgehead atoms. The Morgan fingerprint density at radius 2 is 1.89 bits per heavy atom. The van der Waals surface area contributed by atoms with Gasteiger partial charge in [0, 0.05) is 24.1 Å². The van der Waals surface area contributed by atoms with Crippen LogP contribution in [0.5, 0.6) is 5.75 Å². The van der Waals surface area contributed by atoms with E-state index in [1.165, 1.54) is 0 Å². The highest BCUT2D eigenvalue weighted by Crippen LogP contribution is 2.48. The first-order chi connectivity index (χ1) is 17.0. The van der Waals surface area contributed by atoms with Crippen LogP contribution in [-0.2, 0) is 14.3 Å². The van der Waals surface area contributed by atoms with Crippen LogP contribution in [0, 0.1) is 37.5 Å². The molecule has 0 saturated carbocycles. The van der Waals surface area contributed by atoms with Gasteiger partial charge in [-0.15, -0.1) is 0 Å². The number of carbonyl (C=O) groups is 2. The first-order valence-corrected chi connectivity index (χ1v) is 11.9. The summed E-state index contributed by atoms with van der Waals surface area (Å²) in [6.07, 6.45) is 0.913. The minimum Gasteiger partial charge on any atom is -0.484 e. The van der Waals surface area contributed by atoms with E-state index in [9.17, 15) is 14.9 Å². The van der Waals surface area contributed by atoms with Crippen molar-refractivity contribution in [3.8, 4) is 11.8 Å². The molecule has 0 fully saturated rings. The predicted molar refractivity (Wildman–Crippen MR) is 137 cm³/mol. The maximum Gasteiger partial charge on any atom is 0.262 e. The van der Waals surface area contributed by atoms with Crippen molar-refractivity contribution >= 4 is 17.4 Å². The number of nitriles is 1. The molecule has 1 aliphatic heterocycles. The molecule has 3 N–H and O–H groups in total. The third-order valence-electron chi connectivity index (χ3n) is 6.58. The second-order valence-corrected chi connectivity index (χ2v) is 10.4. The predicted octanol–water partition coefficient (Wildman–Crippen LogP) is 5.08. The lowest BCUT2D eigenvalue weighted by molar-refractivity contribution is -0.119. The Morgan fingerprint density at radius 1 is 1.19 bits per heavy atom. The number of anilines is 1. The zero-order valence-corrected chi connectivity index (χ0v) is 21.3.